The van der Waals surface area contributed by atoms with Gasteiger partial charge in [-0.25, -0.2) is 4.98 Å². The number of methoxy groups -OCH3 is 1. The molecule has 2 aliphatic rings. The largest absolute Gasteiger partial charge is 0.481 e. The highest BCUT2D eigenvalue weighted by atomic mass is 16.5. The zero-order valence-corrected chi connectivity index (χ0v) is 14.6. The Hall–Kier alpha value is -2.18. The van der Waals surface area contributed by atoms with Crippen molar-refractivity contribution in [3.8, 4) is 5.88 Å². The quantitative estimate of drug-likeness (QED) is 0.858. The summed E-state index contributed by atoms with van der Waals surface area (Å²) in [7, 11) is 1.66. The molecular weight excluding hydrogens is 304 g/mol. The summed E-state index contributed by atoms with van der Waals surface area (Å²) in [6.07, 6.45) is 6.69. The van der Waals surface area contributed by atoms with Crippen LogP contribution in [0.25, 0.3) is 0 Å². The molecule has 0 radical (unpaired) electrons. The SMILES string of the molecule is COc1nc(C)nc(N2CCCC(c3nncn3C3CC3)C2)c1C. The van der Waals surface area contributed by atoms with Crippen LogP contribution in [-0.4, -0.2) is 44.9 Å². The molecule has 1 aliphatic heterocycles. The molecule has 2 aromatic rings. The number of rotatable bonds is 4. The third-order valence-electron chi connectivity index (χ3n) is 5.01. The standard InChI is InChI=1S/C17H24N6O/c1-11-15(19-12(2)20-17(11)24-3)22-8-4-5-13(9-22)16-21-18-10-23(16)14-6-7-14/h10,13-14H,4-9H2,1-3H3. The van der Waals surface area contributed by atoms with Gasteiger partial charge in [-0.2, -0.15) is 4.98 Å². The van der Waals surface area contributed by atoms with Gasteiger partial charge in [0.2, 0.25) is 5.88 Å². The lowest BCUT2D eigenvalue weighted by Gasteiger charge is -2.34. The summed E-state index contributed by atoms with van der Waals surface area (Å²) < 4.78 is 7.70. The van der Waals surface area contributed by atoms with Crippen LogP contribution in [0.1, 0.15) is 54.9 Å². The van der Waals surface area contributed by atoms with E-state index in [0.29, 0.717) is 17.8 Å². The van der Waals surface area contributed by atoms with Crippen LogP contribution < -0.4 is 9.64 Å². The summed E-state index contributed by atoms with van der Waals surface area (Å²) in [5, 5.41) is 8.60. The fraction of sp³-hybridized carbons (Fsp3) is 0.647. The van der Waals surface area contributed by atoms with Crippen molar-refractivity contribution < 1.29 is 4.74 Å². The monoisotopic (exact) mass is 328 g/mol. The highest BCUT2D eigenvalue weighted by molar-refractivity contribution is 5.51. The van der Waals surface area contributed by atoms with Crippen LogP contribution in [-0.2, 0) is 0 Å². The van der Waals surface area contributed by atoms with Gasteiger partial charge < -0.3 is 14.2 Å². The van der Waals surface area contributed by atoms with Crippen LogP contribution in [0.2, 0.25) is 0 Å². The number of hydrogen-bond donors (Lipinski definition) is 0. The maximum Gasteiger partial charge on any atom is 0.221 e. The van der Waals surface area contributed by atoms with E-state index < -0.39 is 0 Å². The van der Waals surface area contributed by atoms with Crippen molar-refractivity contribution in [3.05, 3.63) is 23.5 Å². The van der Waals surface area contributed by atoms with Crippen molar-refractivity contribution in [1.29, 1.82) is 0 Å². The number of ether oxygens (including phenoxy) is 1. The molecule has 128 valence electrons. The normalized spacial score (nSPS) is 21.1. The maximum atomic E-state index is 5.41. The first-order chi connectivity index (χ1) is 11.7. The molecule has 24 heavy (non-hydrogen) atoms. The Morgan fingerprint density at radius 2 is 2.00 bits per heavy atom. The van der Waals surface area contributed by atoms with E-state index in [2.05, 4.69) is 29.6 Å². The van der Waals surface area contributed by atoms with Crippen LogP contribution in [0.3, 0.4) is 0 Å². The van der Waals surface area contributed by atoms with Crippen LogP contribution in [0.5, 0.6) is 5.88 Å². The van der Waals surface area contributed by atoms with Crippen molar-refractivity contribution in [2.75, 3.05) is 25.1 Å². The smallest absolute Gasteiger partial charge is 0.221 e. The predicted octanol–water partition coefficient (Wildman–Crippen LogP) is 2.41. The van der Waals surface area contributed by atoms with E-state index in [0.717, 1.165) is 49.0 Å². The second-order valence-electron chi connectivity index (χ2n) is 6.84. The number of hydrogen-bond acceptors (Lipinski definition) is 6. The fourth-order valence-corrected chi connectivity index (χ4v) is 3.65. The molecule has 1 aliphatic carbocycles. The van der Waals surface area contributed by atoms with Gasteiger partial charge in [0.05, 0.1) is 12.7 Å². The summed E-state index contributed by atoms with van der Waals surface area (Å²) in [6, 6.07) is 0.619. The molecule has 1 saturated heterocycles. The van der Waals surface area contributed by atoms with Crippen molar-refractivity contribution in [1.82, 2.24) is 24.7 Å². The van der Waals surface area contributed by atoms with Crippen LogP contribution in [0.15, 0.2) is 6.33 Å². The lowest BCUT2D eigenvalue weighted by molar-refractivity contribution is 0.391. The molecule has 1 unspecified atom stereocenters. The van der Waals surface area contributed by atoms with E-state index in [-0.39, 0.29) is 0 Å². The predicted molar refractivity (Wildman–Crippen MR) is 90.5 cm³/mol. The average molecular weight is 328 g/mol. The molecule has 0 amide bonds. The Balaban J connectivity index is 1.61. The van der Waals surface area contributed by atoms with Crippen molar-refractivity contribution in [2.24, 2.45) is 0 Å². The zero-order chi connectivity index (χ0) is 16.7. The lowest BCUT2D eigenvalue weighted by atomic mass is 9.96. The first-order valence-corrected chi connectivity index (χ1v) is 8.71. The Morgan fingerprint density at radius 1 is 1.17 bits per heavy atom. The van der Waals surface area contributed by atoms with Crippen LogP contribution in [0.4, 0.5) is 5.82 Å². The molecule has 3 heterocycles. The summed E-state index contributed by atoms with van der Waals surface area (Å²) in [5.41, 5.74) is 1.01. The fourth-order valence-electron chi connectivity index (χ4n) is 3.65. The minimum Gasteiger partial charge on any atom is -0.481 e. The minimum absolute atomic E-state index is 0.405. The molecule has 7 heteroatoms. The van der Waals surface area contributed by atoms with Crippen molar-refractivity contribution in [3.63, 3.8) is 0 Å². The van der Waals surface area contributed by atoms with Gasteiger partial charge in [-0.15, -0.1) is 10.2 Å². The Bertz CT molecular complexity index is 739. The zero-order valence-electron chi connectivity index (χ0n) is 14.6. The molecule has 0 N–H and O–H groups in total. The first-order valence-electron chi connectivity index (χ1n) is 8.71. The molecule has 0 bridgehead atoms. The van der Waals surface area contributed by atoms with E-state index in [1.165, 1.54) is 12.8 Å². The lowest BCUT2D eigenvalue weighted by Crippen LogP contribution is -2.36. The molecule has 0 spiro atoms. The molecular formula is C17H24N6O. The summed E-state index contributed by atoms with van der Waals surface area (Å²) in [6.45, 7) is 5.88. The van der Waals surface area contributed by atoms with Crippen molar-refractivity contribution >= 4 is 5.82 Å². The van der Waals surface area contributed by atoms with Crippen LogP contribution in [0, 0.1) is 13.8 Å². The van der Waals surface area contributed by atoms with E-state index >= 15 is 0 Å². The molecule has 2 aromatic heterocycles. The van der Waals surface area contributed by atoms with Crippen LogP contribution >= 0.6 is 0 Å². The third kappa shape index (κ3) is 2.72. The summed E-state index contributed by atoms with van der Waals surface area (Å²) in [5.74, 6) is 3.94. The third-order valence-corrected chi connectivity index (χ3v) is 5.01. The van der Waals surface area contributed by atoms with E-state index in [4.69, 9.17) is 4.74 Å². The second kappa shape index (κ2) is 6.03. The number of nitrogens with zero attached hydrogens (tertiary/aromatic N) is 6. The van der Waals surface area contributed by atoms with Gasteiger partial charge in [0, 0.05) is 25.0 Å². The van der Waals surface area contributed by atoms with Gasteiger partial charge in [0.15, 0.2) is 0 Å². The van der Waals surface area contributed by atoms with Gasteiger partial charge >= 0.3 is 0 Å². The van der Waals surface area contributed by atoms with Gasteiger partial charge in [-0.3, -0.25) is 0 Å². The number of piperidine rings is 1. The second-order valence-corrected chi connectivity index (χ2v) is 6.84. The van der Waals surface area contributed by atoms with E-state index in [9.17, 15) is 0 Å². The average Bonchev–Trinajstić information content (AvgIpc) is 3.33. The molecule has 0 aromatic carbocycles. The van der Waals surface area contributed by atoms with Gasteiger partial charge in [0.1, 0.15) is 23.8 Å². The Labute approximate surface area is 142 Å². The Kier molecular flexibility index (Phi) is 3.86. The highest BCUT2D eigenvalue weighted by Gasteiger charge is 2.32. The van der Waals surface area contributed by atoms with Gasteiger partial charge in [-0.05, 0) is 39.5 Å². The number of aryl methyl sites for hydroxylation is 1. The summed E-state index contributed by atoms with van der Waals surface area (Å²) in [4.78, 5) is 11.4. The van der Waals surface area contributed by atoms with E-state index in [1.54, 1.807) is 7.11 Å². The molecule has 1 atom stereocenters. The molecule has 2 fully saturated rings. The highest BCUT2D eigenvalue weighted by Crippen LogP contribution is 2.38. The Morgan fingerprint density at radius 3 is 2.75 bits per heavy atom. The van der Waals surface area contributed by atoms with Crippen molar-refractivity contribution in [2.45, 2.75) is 51.5 Å². The summed E-state index contributed by atoms with van der Waals surface area (Å²) >= 11 is 0. The number of aromatic nitrogens is 5. The van der Waals surface area contributed by atoms with Gasteiger partial charge in [0.25, 0.3) is 0 Å². The topological polar surface area (TPSA) is 69.0 Å². The molecule has 1 saturated carbocycles. The molecule has 7 nitrogen and oxygen atoms in total. The minimum atomic E-state index is 0.405. The van der Waals surface area contributed by atoms with E-state index in [1.807, 2.05) is 20.2 Å². The number of anilines is 1. The van der Waals surface area contributed by atoms with Gasteiger partial charge in [-0.1, -0.05) is 0 Å². The maximum absolute atomic E-state index is 5.41. The molecule has 4 rings (SSSR count). The first kappa shape index (κ1) is 15.4.